The highest BCUT2D eigenvalue weighted by atomic mass is 16.5. The van der Waals surface area contributed by atoms with E-state index < -0.39 is 0 Å². The summed E-state index contributed by atoms with van der Waals surface area (Å²) in [5.74, 6) is 0.638. The van der Waals surface area contributed by atoms with E-state index in [2.05, 4.69) is 43.2 Å². The zero-order chi connectivity index (χ0) is 13.9. The highest BCUT2D eigenvalue weighted by molar-refractivity contribution is 5.10. The van der Waals surface area contributed by atoms with Gasteiger partial charge in [0.1, 0.15) is 0 Å². The average molecular weight is 264 g/mol. The first-order valence-corrected chi connectivity index (χ1v) is 7.49. The van der Waals surface area contributed by atoms with Gasteiger partial charge in [-0.2, -0.15) is 0 Å². The van der Waals surface area contributed by atoms with E-state index in [1.165, 1.54) is 12.8 Å². The lowest BCUT2D eigenvalue weighted by Crippen LogP contribution is -2.15. The van der Waals surface area contributed by atoms with Gasteiger partial charge < -0.3 is 10.1 Å². The molecule has 0 aliphatic carbocycles. The van der Waals surface area contributed by atoms with Gasteiger partial charge in [-0.05, 0) is 37.4 Å². The number of ether oxygens (including phenoxy) is 1. The minimum atomic E-state index is 0.621. The molecule has 0 fully saturated rings. The molecule has 0 bridgehead atoms. The second-order valence-electron chi connectivity index (χ2n) is 5.21. The molecule has 0 aromatic carbocycles. The third-order valence-corrected chi connectivity index (χ3v) is 3.03. The molecule has 0 aliphatic heterocycles. The summed E-state index contributed by atoms with van der Waals surface area (Å²) in [5.41, 5.74) is 2.12. The lowest BCUT2D eigenvalue weighted by molar-refractivity contribution is 0.0871. The van der Waals surface area contributed by atoms with Gasteiger partial charge in [0.25, 0.3) is 0 Å². The normalized spacial score (nSPS) is 12.6. The minimum Gasteiger partial charge on any atom is -0.375 e. The summed E-state index contributed by atoms with van der Waals surface area (Å²) in [6, 6.07) is 6.16. The van der Waals surface area contributed by atoms with Crippen molar-refractivity contribution in [3.8, 4) is 0 Å². The van der Waals surface area contributed by atoms with Crippen LogP contribution in [0.2, 0.25) is 0 Å². The van der Waals surface area contributed by atoms with Gasteiger partial charge in [-0.25, -0.2) is 0 Å². The van der Waals surface area contributed by atoms with Crippen molar-refractivity contribution in [1.29, 1.82) is 0 Å². The molecule has 108 valence electrons. The smallest absolute Gasteiger partial charge is 0.0888 e. The lowest BCUT2D eigenvalue weighted by Gasteiger charge is -2.11. The number of hydrogen-bond donors (Lipinski definition) is 1. The summed E-state index contributed by atoms with van der Waals surface area (Å²) in [5, 5.41) is 3.37. The van der Waals surface area contributed by atoms with Crippen LogP contribution in [0.5, 0.6) is 0 Å². The third kappa shape index (κ3) is 7.28. The first-order valence-electron chi connectivity index (χ1n) is 7.49. The van der Waals surface area contributed by atoms with Crippen LogP contribution >= 0.6 is 0 Å². The predicted molar refractivity (Wildman–Crippen MR) is 80.0 cm³/mol. The highest BCUT2D eigenvalue weighted by Crippen LogP contribution is 2.07. The molecular weight excluding hydrogens is 236 g/mol. The fourth-order valence-electron chi connectivity index (χ4n) is 2.04. The number of nitrogens with zero attached hydrogens (tertiary/aromatic N) is 1. The Balaban J connectivity index is 2.31. The molecule has 1 atom stereocenters. The molecule has 3 nitrogen and oxygen atoms in total. The Morgan fingerprint density at radius 2 is 2.00 bits per heavy atom. The number of hydrogen-bond acceptors (Lipinski definition) is 3. The van der Waals surface area contributed by atoms with Crippen LogP contribution in [-0.4, -0.2) is 18.1 Å². The quantitative estimate of drug-likeness (QED) is 0.656. The number of aromatic nitrogens is 1. The molecule has 19 heavy (non-hydrogen) atoms. The fourth-order valence-corrected chi connectivity index (χ4v) is 2.04. The lowest BCUT2D eigenvalue weighted by atomic mass is 10.1. The molecule has 1 N–H and O–H groups in total. The fraction of sp³-hybridized carbons (Fsp3) is 0.688. The molecule has 0 amide bonds. The Labute approximate surface area is 117 Å². The minimum absolute atomic E-state index is 0.621. The van der Waals surface area contributed by atoms with Crippen molar-refractivity contribution < 1.29 is 4.74 Å². The Morgan fingerprint density at radius 1 is 1.21 bits per heavy atom. The van der Waals surface area contributed by atoms with Crippen LogP contribution < -0.4 is 5.32 Å². The van der Waals surface area contributed by atoms with Crippen LogP contribution in [0.3, 0.4) is 0 Å². The van der Waals surface area contributed by atoms with Gasteiger partial charge in [0.15, 0.2) is 0 Å². The van der Waals surface area contributed by atoms with Gasteiger partial charge in [-0.15, -0.1) is 0 Å². The maximum atomic E-state index is 5.73. The van der Waals surface area contributed by atoms with Gasteiger partial charge in [0.05, 0.1) is 18.0 Å². The first-order chi connectivity index (χ1) is 9.26. The summed E-state index contributed by atoms with van der Waals surface area (Å²) in [6.45, 7) is 9.95. The summed E-state index contributed by atoms with van der Waals surface area (Å²) in [4.78, 5) is 4.60. The molecule has 0 saturated heterocycles. The highest BCUT2D eigenvalue weighted by Gasteiger charge is 2.02. The average Bonchev–Trinajstić information content (AvgIpc) is 2.40. The molecule has 0 spiro atoms. The summed E-state index contributed by atoms with van der Waals surface area (Å²) in [7, 11) is 0. The first kappa shape index (κ1) is 16.1. The van der Waals surface area contributed by atoms with Crippen molar-refractivity contribution in [2.45, 2.75) is 53.2 Å². The van der Waals surface area contributed by atoms with Crippen LogP contribution in [0.15, 0.2) is 18.2 Å². The van der Waals surface area contributed by atoms with Gasteiger partial charge in [0, 0.05) is 13.2 Å². The van der Waals surface area contributed by atoms with Gasteiger partial charge in [0.2, 0.25) is 0 Å². The van der Waals surface area contributed by atoms with E-state index >= 15 is 0 Å². The van der Waals surface area contributed by atoms with E-state index in [0.717, 1.165) is 37.5 Å². The van der Waals surface area contributed by atoms with Crippen LogP contribution in [0.1, 0.15) is 51.4 Å². The van der Waals surface area contributed by atoms with Crippen molar-refractivity contribution in [3.63, 3.8) is 0 Å². The molecule has 3 heteroatoms. The van der Waals surface area contributed by atoms with Crippen LogP contribution in [-0.2, 0) is 17.9 Å². The standard InChI is InChI=1S/C16H28N2O/c1-4-7-14(3)12-19-13-16-9-6-8-15(18-16)11-17-10-5-2/h6,8-9,14,17H,4-5,7,10-13H2,1-3H3. The molecule has 1 rings (SSSR count). The van der Waals surface area contributed by atoms with Crippen molar-refractivity contribution in [2.24, 2.45) is 5.92 Å². The summed E-state index contributed by atoms with van der Waals surface area (Å²) >= 11 is 0. The van der Waals surface area contributed by atoms with E-state index in [4.69, 9.17) is 4.74 Å². The summed E-state index contributed by atoms with van der Waals surface area (Å²) < 4.78 is 5.73. The summed E-state index contributed by atoms with van der Waals surface area (Å²) in [6.07, 6.45) is 3.61. The van der Waals surface area contributed by atoms with E-state index in [0.29, 0.717) is 12.5 Å². The number of rotatable bonds is 10. The second kappa shape index (κ2) is 9.93. The van der Waals surface area contributed by atoms with Gasteiger partial charge in [-0.1, -0.05) is 33.3 Å². The Bertz CT molecular complexity index is 341. The monoisotopic (exact) mass is 264 g/mol. The van der Waals surface area contributed by atoms with E-state index in [1.54, 1.807) is 0 Å². The Kier molecular flexibility index (Phi) is 8.43. The molecule has 0 aliphatic rings. The van der Waals surface area contributed by atoms with Crippen molar-refractivity contribution in [2.75, 3.05) is 13.2 Å². The molecule has 0 radical (unpaired) electrons. The largest absolute Gasteiger partial charge is 0.375 e. The van der Waals surface area contributed by atoms with Crippen LogP contribution in [0, 0.1) is 5.92 Å². The second-order valence-corrected chi connectivity index (χ2v) is 5.21. The maximum absolute atomic E-state index is 5.73. The van der Waals surface area contributed by atoms with Gasteiger partial charge in [-0.3, -0.25) is 4.98 Å². The maximum Gasteiger partial charge on any atom is 0.0888 e. The Morgan fingerprint density at radius 3 is 2.74 bits per heavy atom. The molecule has 1 aromatic heterocycles. The zero-order valence-electron chi connectivity index (χ0n) is 12.6. The van der Waals surface area contributed by atoms with Crippen molar-refractivity contribution in [3.05, 3.63) is 29.6 Å². The molecule has 1 unspecified atom stereocenters. The number of pyridine rings is 1. The Hall–Kier alpha value is -0.930. The molecular formula is C16H28N2O. The molecule has 0 saturated carbocycles. The zero-order valence-corrected chi connectivity index (χ0v) is 12.6. The predicted octanol–water partition coefficient (Wildman–Crippen LogP) is 3.53. The topological polar surface area (TPSA) is 34.1 Å². The third-order valence-electron chi connectivity index (χ3n) is 3.03. The van der Waals surface area contributed by atoms with Gasteiger partial charge >= 0.3 is 0 Å². The number of nitrogens with one attached hydrogen (secondary N) is 1. The molecule has 1 heterocycles. The van der Waals surface area contributed by atoms with Crippen molar-refractivity contribution in [1.82, 2.24) is 10.3 Å². The van der Waals surface area contributed by atoms with E-state index in [9.17, 15) is 0 Å². The van der Waals surface area contributed by atoms with Crippen LogP contribution in [0.4, 0.5) is 0 Å². The van der Waals surface area contributed by atoms with E-state index in [1.807, 2.05) is 6.07 Å². The van der Waals surface area contributed by atoms with Crippen LogP contribution in [0.25, 0.3) is 0 Å². The molecule has 1 aromatic rings. The van der Waals surface area contributed by atoms with Crippen molar-refractivity contribution >= 4 is 0 Å². The van der Waals surface area contributed by atoms with E-state index in [-0.39, 0.29) is 0 Å². The SMILES string of the molecule is CCCNCc1cccc(COCC(C)CCC)n1.